The van der Waals surface area contributed by atoms with Gasteiger partial charge in [0.25, 0.3) is 0 Å². The molecule has 9 aromatic rings. The third-order valence-corrected chi connectivity index (χ3v) is 11.4. The van der Waals surface area contributed by atoms with E-state index in [9.17, 15) is 0 Å². The van der Waals surface area contributed by atoms with E-state index in [1.54, 1.807) is 0 Å². The fourth-order valence-electron chi connectivity index (χ4n) is 8.56. The molecule has 0 amide bonds. The van der Waals surface area contributed by atoms with Gasteiger partial charge in [-0.25, -0.2) is 4.98 Å². The molecule has 5 nitrogen and oxygen atoms in total. The van der Waals surface area contributed by atoms with Gasteiger partial charge in [-0.2, -0.15) is 9.97 Å². The minimum Gasteiger partial charge on any atom is -0.307 e. The van der Waals surface area contributed by atoms with Crippen LogP contribution in [0.3, 0.4) is 0 Å². The molecule has 0 aliphatic heterocycles. The van der Waals surface area contributed by atoms with E-state index < -0.39 is 0 Å². The first-order valence-corrected chi connectivity index (χ1v) is 18.3. The third kappa shape index (κ3) is 4.58. The molecule has 0 fully saturated rings. The van der Waals surface area contributed by atoms with Crippen molar-refractivity contribution in [3.05, 3.63) is 151 Å². The van der Waals surface area contributed by atoms with Crippen molar-refractivity contribution in [2.45, 2.75) is 51.4 Å². The van der Waals surface area contributed by atoms with E-state index in [-0.39, 0.29) is 10.8 Å². The van der Waals surface area contributed by atoms with Crippen molar-refractivity contribution in [3.8, 4) is 34.4 Å². The Morgan fingerprint density at radius 2 is 0.942 bits per heavy atom. The van der Waals surface area contributed by atoms with Crippen molar-refractivity contribution in [3.63, 3.8) is 0 Å². The Kier molecular flexibility index (Phi) is 6.63. The number of rotatable bonds is 4. The van der Waals surface area contributed by atoms with E-state index >= 15 is 0 Å². The lowest BCUT2D eigenvalue weighted by molar-refractivity contribution is 0.332. The van der Waals surface area contributed by atoms with Gasteiger partial charge in [-0.15, -0.1) is 0 Å². The van der Waals surface area contributed by atoms with Gasteiger partial charge in [-0.05, 0) is 65.1 Å². The van der Waals surface area contributed by atoms with Crippen LogP contribution < -0.4 is 0 Å². The summed E-state index contributed by atoms with van der Waals surface area (Å²) in [6, 6.07) is 49.6. The Balaban J connectivity index is 1.40. The lowest BCUT2D eigenvalue weighted by atomic mass is 9.63. The van der Waals surface area contributed by atoms with Gasteiger partial charge in [-0.3, -0.25) is 4.57 Å². The van der Waals surface area contributed by atoms with Crippen LogP contribution in [0.1, 0.15) is 51.7 Å². The van der Waals surface area contributed by atoms with Crippen LogP contribution in [0.4, 0.5) is 0 Å². The number of benzene rings is 6. The maximum atomic E-state index is 5.27. The summed E-state index contributed by atoms with van der Waals surface area (Å²) in [6.45, 7) is 9.64. The van der Waals surface area contributed by atoms with Gasteiger partial charge in [0.15, 0.2) is 11.6 Å². The van der Waals surface area contributed by atoms with E-state index in [1.165, 1.54) is 33.8 Å². The highest BCUT2D eigenvalue weighted by atomic mass is 15.2. The topological polar surface area (TPSA) is 48.5 Å². The number of aromatic nitrogens is 5. The average molecular weight is 674 g/mol. The lowest BCUT2D eigenvalue weighted by Gasteiger charge is -2.42. The molecule has 1 aliphatic rings. The zero-order valence-electron chi connectivity index (χ0n) is 29.9. The summed E-state index contributed by atoms with van der Waals surface area (Å²) >= 11 is 0. The first-order chi connectivity index (χ1) is 25.3. The zero-order chi connectivity index (χ0) is 35.2. The van der Waals surface area contributed by atoms with E-state index in [0.29, 0.717) is 17.6 Å². The lowest BCUT2D eigenvalue weighted by Crippen LogP contribution is -2.33. The standard InChI is InChI=1S/C47H39N5/c1-46(2)26-27-47(3,4)38-29-40-36(28-37(38)46)35-25-24-34-33-22-14-15-23-39(33)52(42(34)41(35)51(40)32-20-12-7-13-21-32)45-49-43(30-16-8-5-9-17-30)48-44(50-45)31-18-10-6-11-19-31/h5-25,28-29H,26-27H2,1-4H3. The number of hydrogen-bond acceptors (Lipinski definition) is 3. The summed E-state index contributed by atoms with van der Waals surface area (Å²) < 4.78 is 4.76. The molecule has 3 heterocycles. The van der Waals surface area contributed by atoms with E-state index in [1.807, 2.05) is 36.4 Å². The van der Waals surface area contributed by atoms with Crippen molar-refractivity contribution < 1.29 is 0 Å². The molecule has 1 aliphatic carbocycles. The SMILES string of the molecule is CC1(C)CCC(C)(C)c2cc3c(cc21)c1ccc2c4ccccc4n(-c4nc(-c5ccccc5)nc(-c5ccccc5)n4)c2c1n3-c1ccccc1. The molecular weight excluding hydrogens is 635 g/mol. The number of nitrogens with zero attached hydrogens (tertiary/aromatic N) is 5. The van der Waals surface area contributed by atoms with Gasteiger partial charge < -0.3 is 4.57 Å². The normalized spacial score (nSPS) is 15.1. The fourth-order valence-corrected chi connectivity index (χ4v) is 8.56. The predicted octanol–water partition coefficient (Wildman–Crippen LogP) is 11.7. The molecule has 3 aromatic heterocycles. The Morgan fingerprint density at radius 3 is 1.56 bits per heavy atom. The molecular formula is C47H39N5. The quantitative estimate of drug-likeness (QED) is 0.187. The van der Waals surface area contributed by atoms with Gasteiger partial charge in [0.05, 0.1) is 22.1 Å². The second-order valence-electron chi connectivity index (χ2n) is 15.6. The van der Waals surface area contributed by atoms with Crippen LogP contribution in [-0.4, -0.2) is 24.1 Å². The summed E-state index contributed by atoms with van der Waals surface area (Å²) in [4.78, 5) is 15.6. The molecule has 0 N–H and O–H groups in total. The van der Waals surface area contributed by atoms with Crippen LogP contribution in [0.25, 0.3) is 78.0 Å². The van der Waals surface area contributed by atoms with Crippen LogP contribution in [0, 0.1) is 0 Å². The Hall–Kier alpha value is -6.07. The third-order valence-electron chi connectivity index (χ3n) is 11.4. The molecule has 0 radical (unpaired) electrons. The van der Waals surface area contributed by atoms with Crippen LogP contribution in [-0.2, 0) is 10.8 Å². The Bertz CT molecular complexity index is 2770. The Morgan fingerprint density at radius 1 is 0.442 bits per heavy atom. The maximum Gasteiger partial charge on any atom is 0.238 e. The molecule has 10 rings (SSSR count). The highest BCUT2D eigenvalue weighted by Gasteiger charge is 2.38. The van der Waals surface area contributed by atoms with Gasteiger partial charge >= 0.3 is 0 Å². The van der Waals surface area contributed by atoms with Crippen LogP contribution in [0.5, 0.6) is 0 Å². The molecule has 0 unspecified atom stereocenters. The minimum absolute atomic E-state index is 0.0772. The molecule has 0 spiro atoms. The summed E-state index contributed by atoms with van der Waals surface area (Å²) in [7, 11) is 0. The molecule has 0 atom stereocenters. The largest absolute Gasteiger partial charge is 0.307 e. The summed E-state index contributed by atoms with van der Waals surface area (Å²) in [6.07, 6.45) is 2.33. The van der Waals surface area contributed by atoms with Crippen LogP contribution in [0.15, 0.2) is 140 Å². The van der Waals surface area contributed by atoms with Crippen molar-refractivity contribution in [1.29, 1.82) is 0 Å². The average Bonchev–Trinajstić information content (AvgIpc) is 3.70. The van der Waals surface area contributed by atoms with E-state index in [0.717, 1.165) is 50.6 Å². The summed E-state index contributed by atoms with van der Waals surface area (Å²) in [5.74, 6) is 1.88. The molecule has 52 heavy (non-hydrogen) atoms. The first-order valence-electron chi connectivity index (χ1n) is 18.3. The number of hydrogen-bond donors (Lipinski definition) is 0. The minimum atomic E-state index is 0.0772. The second-order valence-corrected chi connectivity index (χ2v) is 15.6. The Labute approximate surface area is 303 Å². The van der Waals surface area contributed by atoms with Crippen LogP contribution in [0.2, 0.25) is 0 Å². The highest BCUT2D eigenvalue weighted by molar-refractivity contribution is 6.23. The van der Waals surface area contributed by atoms with Gasteiger partial charge in [0.1, 0.15) is 0 Å². The molecule has 5 heteroatoms. The van der Waals surface area contributed by atoms with Crippen LogP contribution >= 0.6 is 0 Å². The van der Waals surface area contributed by atoms with Crippen molar-refractivity contribution in [1.82, 2.24) is 24.1 Å². The summed E-state index contributed by atoms with van der Waals surface area (Å²) in [5, 5.41) is 4.82. The molecule has 252 valence electrons. The van der Waals surface area contributed by atoms with Gasteiger partial charge in [0.2, 0.25) is 5.95 Å². The van der Waals surface area contributed by atoms with Crippen molar-refractivity contribution in [2.75, 3.05) is 0 Å². The van der Waals surface area contributed by atoms with E-state index in [4.69, 9.17) is 15.0 Å². The van der Waals surface area contributed by atoms with Gasteiger partial charge in [0, 0.05) is 38.4 Å². The first kappa shape index (κ1) is 30.7. The molecule has 6 aromatic carbocycles. The van der Waals surface area contributed by atoms with Gasteiger partial charge in [-0.1, -0.05) is 137 Å². The fraction of sp³-hybridized carbons (Fsp3) is 0.170. The predicted molar refractivity (Wildman–Crippen MR) is 215 cm³/mol. The monoisotopic (exact) mass is 673 g/mol. The second kappa shape index (κ2) is 11.2. The maximum absolute atomic E-state index is 5.27. The summed E-state index contributed by atoms with van der Waals surface area (Å²) in [5.41, 5.74) is 10.6. The number of fused-ring (bicyclic) bond motifs is 8. The van der Waals surface area contributed by atoms with Crippen molar-refractivity contribution in [2.24, 2.45) is 0 Å². The molecule has 0 saturated heterocycles. The number of para-hydroxylation sites is 2. The smallest absolute Gasteiger partial charge is 0.238 e. The van der Waals surface area contributed by atoms with Crippen molar-refractivity contribution >= 4 is 43.6 Å². The van der Waals surface area contributed by atoms with E-state index in [2.05, 4.69) is 140 Å². The molecule has 0 bridgehead atoms. The highest BCUT2D eigenvalue weighted by Crippen LogP contribution is 2.49. The molecule has 0 saturated carbocycles. The zero-order valence-corrected chi connectivity index (χ0v) is 29.9.